The van der Waals surface area contributed by atoms with Gasteiger partial charge in [-0.25, -0.2) is 0 Å². The number of halogens is 4. The second-order valence-electron chi connectivity index (χ2n) is 5.13. The number of hydrogen-bond acceptors (Lipinski definition) is 2. The van der Waals surface area contributed by atoms with Crippen molar-refractivity contribution < 1.29 is 13.2 Å². The van der Waals surface area contributed by atoms with Crippen LogP contribution in [0.1, 0.15) is 11.1 Å². The third-order valence-electron chi connectivity index (χ3n) is 3.51. The highest BCUT2D eigenvalue weighted by Gasteiger charge is 2.30. The van der Waals surface area contributed by atoms with Gasteiger partial charge in [0.05, 0.1) is 22.5 Å². The fourth-order valence-corrected chi connectivity index (χ4v) is 2.48. The van der Waals surface area contributed by atoms with Gasteiger partial charge in [0.1, 0.15) is 0 Å². The zero-order chi connectivity index (χ0) is 17.2. The average Bonchev–Trinajstić information content (AvgIpc) is 2.55. The Bertz CT molecular complexity index is 899. The van der Waals surface area contributed by atoms with Gasteiger partial charge in [0.25, 0.3) is 0 Å². The summed E-state index contributed by atoms with van der Waals surface area (Å²) in [7, 11) is 0. The lowest BCUT2D eigenvalue weighted by Crippen LogP contribution is -2.05. The summed E-state index contributed by atoms with van der Waals surface area (Å²) in [6.07, 6.45) is -2.88. The van der Waals surface area contributed by atoms with E-state index < -0.39 is 11.7 Å². The van der Waals surface area contributed by atoms with Crippen LogP contribution in [-0.4, -0.2) is 6.21 Å². The molecule has 122 valence electrons. The highest BCUT2D eigenvalue weighted by atomic mass is 35.5. The molecular weight excluding hydrogens is 337 g/mol. The quantitative estimate of drug-likeness (QED) is 0.458. The Hall–Kier alpha value is -2.53. The minimum absolute atomic E-state index is 0.1000. The van der Waals surface area contributed by atoms with Crippen LogP contribution in [-0.2, 0) is 6.18 Å². The first-order valence-corrected chi connectivity index (χ1v) is 7.46. The summed E-state index contributed by atoms with van der Waals surface area (Å²) >= 11 is 5.92. The average molecular weight is 349 g/mol. The van der Waals surface area contributed by atoms with Crippen molar-refractivity contribution in [2.75, 3.05) is 5.43 Å². The number of alkyl halides is 3. The summed E-state index contributed by atoms with van der Waals surface area (Å²) < 4.78 is 38.3. The lowest BCUT2D eigenvalue weighted by molar-refractivity contribution is -0.137. The molecule has 0 spiro atoms. The van der Waals surface area contributed by atoms with Crippen molar-refractivity contribution in [1.29, 1.82) is 0 Å². The van der Waals surface area contributed by atoms with Gasteiger partial charge in [-0.05, 0) is 29.0 Å². The molecule has 0 saturated carbocycles. The molecule has 0 bridgehead atoms. The minimum atomic E-state index is -4.43. The number of nitrogens with zero attached hydrogens (tertiary/aromatic N) is 1. The minimum Gasteiger partial charge on any atom is -0.277 e. The SMILES string of the molecule is FC(F)(F)c1ccc(Cl)c(NN=Cc2cccc3ccccc23)c1. The Morgan fingerprint density at radius 2 is 1.71 bits per heavy atom. The zero-order valence-corrected chi connectivity index (χ0v) is 13.1. The van der Waals surface area contributed by atoms with Gasteiger partial charge >= 0.3 is 6.18 Å². The molecule has 0 heterocycles. The predicted molar refractivity (Wildman–Crippen MR) is 91.6 cm³/mol. The van der Waals surface area contributed by atoms with E-state index in [9.17, 15) is 13.2 Å². The smallest absolute Gasteiger partial charge is 0.277 e. The molecule has 0 radical (unpaired) electrons. The van der Waals surface area contributed by atoms with Crippen molar-refractivity contribution >= 4 is 34.3 Å². The summed E-state index contributed by atoms with van der Waals surface area (Å²) in [5.74, 6) is 0. The van der Waals surface area contributed by atoms with Gasteiger partial charge in [-0.2, -0.15) is 18.3 Å². The number of hydrazone groups is 1. The van der Waals surface area contributed by atoms with Crippen molar-refractivity contribution in [3.63, 3.8) is 0 Å². The number of rotatable bonds is 3. The van der Waals surface area contributed by atoms with Crippen LogP contribution in [0.2, 0.25) is 5.02 Å². The van der Waals surface area contributed by atoms with Gasteiger partial charge in [-0.1, -0.05) is 54.1 Å². The van der Waals surface area contributed by atoms with Gasteiger partial charge < -0.3 is 0 Å². The molecule has 24 heavy (non-hydrogen) atoms. The maximum Gasteiger partial charge on any atom is 0.416 e. The normalized spacial score (nSPS) is 12.0. The molecule has 0 aliphatic heterocycles. The van der Waals surface area contributed by atoms with E-state index in [4.69, 9.17) is 11.6 Å². The second-order valence-corrected chi connectivity index (χ2v) is 5.54. The Morgan fingerprint density at radius 1 is 0.958 bits per heavy atom. The molecule has 3 aromatic rings. The van der Waals surface area contributed by atoms with E-state index in [1.807, 2.05) is 42.5 Å². The van der Waals surface area contributed by atoms with Crippen LogP contribution >= 0.6 is 11.6 Å². The van der Waals surface area contributed by atoms with Crippen molar-refractivity contribution in [3.05, 3.63) is 76.8 Å². The summed E-state index contributed by atoms with van der Waals surface area (Å²) in [5.41, 5.74) is 2.74. The summed E-state index contributed by atoms with van der Waals surface area (Å²) in [6.45, 7) is 0. The molecule has 1 N–H and O–H groups in total. The molecule has 0 saturated heterocycles. The van der Waals surface area contributed by atoms with E-state index >= 15 is 0 Å². The number of hydrogen-bond donors (Lipinski definition) is 1. The van der Waals surface area contributed by atoms with Gasteiger partial charge in [-0.15, -0.1) is 0 Å². The van der Waals surface area contributed by atoms with Crippen LogP contribution in [0.25, 0.3) is 10.8 Å². The molecule has 3 rings (SSSR count). The summed E-state index contributed by atoms with van der Waals surface area (Å²) in [4.78, 5) is 0. The van der Waals surface area contributed by atoms with Gasteiger partial charge in [0.15, 0.2) is 0 Å². The maximum absolute atomic E-state index is 12.8. The Balaban J connectivity index is 1.86. The Morgan fingerprint density at radius 3 is 2.50 bits per heavy atom. The van der Waals surface area contributed by atoms with E-state index in [0.717, 1.165) is 28.5 Å². The van der Waals surface area contributed by atoms with E-state index in [2.05, 4.69) is 10.5 Å². The molecule has 6 heteroatoms. The molecule has 0 aliphatic carbocycles. The fourth-order valence-electron chi connectivity index (χ4n) is 2.32. The topological polar surface area (TPSA) is 24.4 Å². The number of fused-ring (bicyclic) bond motifs is 1. The fraction of sp³-hybridized carbons (Fsp3) is 0.0556. The molecule has 0 aliphatic rings. The third kappa shape index (κ3) is 3.51. The third-order valence-corrected chi connectivity index (χ3v) is 3.84. The standard InChI is InChI=1S/C18H12ClF3N2/c19-16-9-8-14(18(20,21)22)10-17(16)24-23-11-13-6-3-5-12-4-1-2-7-15(12)13/h1-11,24H. The largest absolute Gasteiger partial charge is 0.416 e. The first-order valence-electron chi connectivity index (χ1n) is 7.09. The van der Waals surface area contributed by atoms with Gasteiger partial charge in [-0.3, -0.25) is 5.43 Å². The van der Waals surface area contributed by atoms with Crippen LogP contribution in [0.5, 0.6) is 0 Å². The highest BCUT2D eigenvalue weighted by molar-refractivity contribution is 6.33. The maximum atomic E-state index is 12.8. The Labute approximate surface area is 141 Å². The van der Waals surface area contributed by atoms with Crippen molar-refractivity contribution in [1.82, 2.24) is 0 Å². The first-order chi connectivity index (χ1) is 11.4. The van der Waals surface area contributed by atoms with E-state index in [0.29, 0.717) is 0 Å². The number of benzene rings is 3. The molecule has 2 nitrogen and oxygen atoms in total. The van der Waals surface area contributed by atoms with Crippen molar-refractivity contribution in [2.24, 2.45) is 5.10 Å². The monoisotopic (exact) mass is 348 g/mol. The number of anilines is 1. The van der Waals surface area contributed by atoms with Crippen LogP contribution in [0.4, 0.5) is 18.9 Å². The van der Waals surface area contributed by atoms with Crippen LogP contribution in [0.3, 0.4) is 0 Å². The molecule has 0 fully saturated rings. The van der Waals surface area contributed by atoms with Crippen molar-refractivity contribution in [3.8, 4) is 0 Å². The second kappa shape index (κ2) is 6.53. The Kier molecular flexibility index (Phi) is 4.44. The zero-order valence-electron chi connectivity index (χ0n) is 12.3. The van der Waals surface area contributed by atoms with Gasteiger partial charge in [0, 0.05) is 5.56 Å². The van der Waals surface area contributed by atoms with Crippen LogP contribution in [0.15, 0.2) is 65.8 Å². The van der Waals surface area contributed by atoms with Crippen molar-refractivity contribution in [2.45, 2.75) is 6.18 Å². The van der Waals surface area contributed by atoms with E-state index in [1.165, 1.54) is 6.07 Å². The molecule has 3 aromatic carbocycles. The molecule has 0 atom stereocenters. The van der Waals surface area contributed by atoms with Gasteiger partial charge in [0.2, 0.25) is 0 Å². The van der Waals surface area contributed by atoms with Crippen LogP contribution in [0, 0.1) is 0 Å². The molecular formula is C18H12ClF3N2. The van der Waals surface area contributed by atoms with E-state index in [-0.39, 0.29) is 10.7 Å². The van der Waals surface area contributed by atoms with E-state index in [1.54, 1.807) is 6.21 Å². The van der Waals surface area contributed by atoms with Crippen LogP contribution < -0.4 is 5.43 Å². The predicted octanol–water partition coefficient (Wildman–Crippen LogP) is 5.96. The summed E-state index contributed by atoms with van der Waals surface area (Å²) in [5, 5.41) is 6.24. The molecule has 0 amide bonds. The lowest BCUT2D eigenvalue weighted by Gasteiger charge is -2.10. The summed E-state index contributed by atoms with van der Waals surface area (Å²) in [6, 6.07) is 16.6. The molecule has 0 aromatic heterocycles. The molecule has 0 unspecified atom stereocenters. The first kappa shape index (κ1) is 16.3. The highest BCUT2D eigenvalue weighted by Crippen LogP contribution is 2.33. The lowest BCUT2D eigenvalue weighted by atomic mass is 10.1. The number of nitrogens with one attached hydrogen (secondary N) is 1.